The van der Waals surface area contributed by atoms with E-state index in [1.807, 2.05) is 0 Å². The second-order valence-electron chi connectivity index (χ2n) is 9.94. The number of alkyl halides is 3. The number of pyridine rings is 1. The second-order valence-corrected chi connectivity index (χ2v) is 9.94. The summed E-state index contributed by atoms with van der Waals surface area (Å²) in [5.74, 6) is 0.312. The second kappa shape index (κ2) is 7.52. The lowest BCUT2D eigenvalue weighted by atomic mass is 9.48. The molecule has 4 bridgehead atoms. The van der Waals surface area contributed by atoms with Gasteiger partial charge in [0.15, 0.2) is 0 Å². The molecule has 1 aliphatic heterocycles. The molecule has 0 aromatic carbocycles. The van der Waals surface area contributed by atoms with Gasteiger partial charge in [-0.1, -0.05) is 0 Å². The van der Waals surface area contributed by atoms with Crippen LogP contribution in [-0.2, 0) is 15.7 Å². The summed E-state index contributed by atoms with van der Waals surface area (Å²) in [7, 11) is 0. The molecule has 3 N–H and O–H groups in total. The fourth-order valence-corrected chi connectivity index (χ4v) is 6.65. The number of anilines is 1. The first-order valence-electron chi connectivity index (χ1n) is 11.2. The van der Waals surface area contributed by atoms with Gasteiger partial charge in [-0.15, -0.1) is 0 Å². The van der Waals surface area contributed by atoms with Crippen molar-refractivity contribution in [3.05, 3.63) is 23.9 Å². The van der Waals surface area contributed by atoms with Crippen LogP contribution in [0.15, 0.2) is 18.3 Å². The zero-order valence-corrected chi connectivity index (χ0v) is 17.6. The van der Waals surface area contributed by atoms with E-state index in [0.29, 0.717) is 31.7 Å². The van der Waals surface area contributed by atoms with Gasteiger partial charge in [0.05, 0.1) is 11.0 Å². The highest BCUT2D eigenvalue weighted by molar-refractivity contribution is 5.81. The van der Waals surface area contributed by atoms with E-state index in [4.69, 9.17) is 10.5 Å². The minimum absolute atomic E-state index is 0.150. The number of hydrogen-bond donors (Lipinski definition) is 2. The molecule has 174 valence electrons. The van der Waals surface area contributed by atoms with Crippen LogP contribution in [-0.4, -0.2) is 47.1 Å². The molecule has 2 unspecified atom stereocenters. The molecule has 1 aromatic heterocycles. The topological polar surface area (TPSA) is 97.6 Å². The number of carbonyl (C=O) groups is 2. The highest BCUT2D eigenvalue weighted by Gasteiger charge is 2.59. The lowest BCUT2D eigenvalue weighted by molar-refractivity contribution is -0.161. The maximum atomic E-state index is 13.2. The summed E-state index contributed by atoms with van der Waals surface area (Å²) < 4.78 is 45.6. The Hall–Kier alpha value is -2.52. The minimum Gasteiger partial charge on any atom is -0.446 e. The summed E-state index contributed by atoms with van der Waals surface area (Å²) in [5.41, 5.74) is 4.45. The zero-order chi connectivity index (χ0) is 22.7. The summed E-state index contributed by atoms with van der Waals surface area (Å²) in [6.07, 6.45) is 0.772. The number of amides is 2. The quantitative estimate of drug-likeness (QED) is 0.730. The first-order valence-corrected chi connectivity index (χ1v) is 11.2. The van der Waals surface area contributed by atoms with E-state index in [0.717, 1.165) is 25.3 Å². The monoisotopic (exact) mass is 452 g/mol. The lowest BCUT2D eigenvalue weighted by Gasteiger charge is -2.58. The number of primary amides is 1. The van der Waals surface area contributed by atoms with Crippen molar-refractivity contribution in [1.29, 1.82) is 0 Å². The Kier molecular flexibility index (Phi) is 5.01. The molecule has 2 heterocycles. The summed E-state index contributed by atoms with van der Waals surface area (Å²) in [4.78, 5) is 30.3. The van der Waals surface area contributed by atoms with Gasteiger partial charge in [0, 0.05) is 25.3 Å². The Labute approximate surface area is 183 Å². The van der Waals surface area contributed by atoms with Crippen molar-refractivity contribution in [2.24, 2.45) is 28.9 Å². The molecule has 1 saturated heterocycles. The standard InChI is InChI=1S/C22H27F3N4O3/c23-22(24,25)16-2-1-4-27-18(16)28-15-3-5-29(11-15)20(31)32-17-13-6-12-7-14(17)10-21(8-12,9-13)19(26)30/h1-2,4,12-15,17H,3,5-11H2,(H2,26,30)(H,27,28)/t12?,13?,14?,15-,17?,21?/m0/s1. The fraction of sp³-hybridized carbons (Fsp3) is 0.682. The molecule has 6 rings (SSSR count). The van der Waals surface area contributed by atoms with Crippen molar-refractivity contribution in [3.63, 3.8) is 0 Å². The third-order valence-corrected chi connectivity index (χ3v) is 7.85. The number of likely N-dealkylation sites (tertiary alicyclic amines) is 1. The summed E-state index contributed by atoms with van der Waals surface area (Å²) >= 11 is 0. The van der Waals surface area contributed by atoms with E-state index in [9.17, 15) is 22.8 Å². The van der Waals surface area contributed by atoms with Crippen molar-refractivity contribution in [2.45, 2.75) is 56.8 Å². The molecule has 5 fully saturated rings. The number of nitrogens with zero attached hydrogens (tertiary/aromatic N) is 2. The van der Waals surface area contributed by atoms with Crippen molar-refractivity contribution >= 4 is 17.8 Å². The molecule has 4 saturated carbocycles. The Morgan fingerprint density at radius 2 is 1.94 bits per heavy atom. The molecular weight excluding hydrogens is 425 g/mol. The molecule has 0 radical (unpaired) electrons. The van der Waals surface area contributed by atoms with Crippen LogP contribution in [0.25, 0.3) is 0 Å². The normalized spacial score (nSPS) is 35.7. The van der Waals surface area contributed by atoms with E-state index in [1.165, 1.54) is 12.3 Å². The van der Waals surface area contributed by atoms with E-state index in [1.54, 1.807) is 4.90 Å². The predicted octanol–water partition coefficient (Wildman–Crippen LogP) is 3.40. The molecule has 2 amide bonds. The number of hydrogen-bond acceptors (Lipinski definition) is 5. The zero-order valence-electron chi connectivity index (χ0n) is 17.6. The van der Waals surface area contributed by atoms with Crippen molar-refractivity contribution in [1.82, 2.24) is 9.88 Å². The predicted molar refractivity (Wildman–Crippen MR) is 108 cm³/mol. The first-order chi connectivity index (χ1) is 15.1. The molecule has 0 spiro atoms. The van der Waals surface area contributed by atoms with Crippen LogP contribution in [0.4, 0.5) is 23.8 Å². The van der Waals surface area contributed by atoms with Crippen molar-refractivity contribution in [2.75, 3.05) is 18.4 Å². The average Bonchev–Trinajstić information content (AvgIpc) is 3.18. The average molecular weight is 452 g/mol. The van der Waals surface area contributed by atoms with Gasteiger partial charge in [-0.25, -0.2) is 9.78 Å². The van der Waals surface area contributed by atoms with Gasteiger partial charge in [0.2, 0.25) is 5.91 Å². The molecule has 7 nitrogen and oxygen atoms in total. The Morgan fingerprint density at radius 1 is 1.22 bits per heavy atom. The molecule has 4 aliphatic carbocycles. The third-order valence-electron chi connectivity index (χ3n) is 7.85. The summed E-state index contributed by atoms with van der Waals surface area (Å²) in [6, 6.07) is 1.90. The summed E-state index contributed by atoms with van der Waals surface area (Å²) in [5, 5.41) is 2.84. The largest absolute Gasteiger partial charge is 0.446 e. The number of nitrogens with one attached hydrogen (secondary N) is 1. The van der Waals surface area contributed by atoms with Crippen LogP contribution >= 0.6 is 0 Å². The molecular formula is C22H27F3N4O3. The Morgan fingerprint density at radius 3 is 2.59 bits per heavy atom. The van der Waals surface area contributed by atoms with Gasteiger partial charge in [0.25, 0.3) is 0 Å². The molecule has 32 heavy (non-hydrogen) atoms. The highest BCUT2D eigenvalue weighted by Crippen LogP contribution is 2.60. The first kappa shape index (κ1) is 21.3. The number of halogens is 3. The number of carbonyl (C=O) groups excluding carboxylic acids is 2. The van der Waals surface area contributed by atoms with E-state index >= 15 is 0 Å². The van der Waals surface area contributed by atoms with Crippen LogP contribution in [0, 0.1) is 23.2 Å². The number of rotatable bonds is 4. The van der Waals surface area contributed by atoms with Crippen LogP contribution in [0.3, 0.4) is 0 Å². The van der Waals surface area contributed by atoms with Crippen molar-refractivity contribution < 1.29 is 27.5 Å². The van der Waals surface area contributed by atoms with Gasteiger partial charge < -0.3 is 20.7 Å². The van der Waals surface area contributed by atoms with Gasteiger partial charge in [-0.2, -0.15) is 13.2 Å². The maximum absolute atomic E-state index is 13.2. The molecule has 10 heteroatoms. The minimum atomic E-state index is -4.50. The van der Waals surface area contributed by atoms with Gasteiger partial charge in [-0.05, 0) is 68.4 Å². The number of nitrogens with two attached hydrogens (primary N) is 1. The van der Waals surface area contributed by atoms with Crippen LogP contribution in [0.2, 0.25) is 0 Å². The Balaban J connectivity index is 1.20. The third kappa shape index (κ3) is 3.67. The van der Waals surface area contributed by atoms with E-state index in [2.05, 4.69) is 10.3 Å². The van der Waals surface area contributed by atoms with Gasteiger partial charge >= 0.3 is 12.3 Å². The Bertz CT molecular complexity index is 908. The fourth-order valence-electron chi connectivity index (χ4n) is 6.65. The number of ether oxygens (including phenoxy) is 1. The smallest absolute Gasteiger partial charge is 0.419 e. The number of aromatic nitrogens is 1. The van der Waals surface area contributed by atoms with E-state index < -0.39 is 23.2 Å². The molecule has 5 aliphatic rings. The maximum Gasteiger partial charge on any atom is 0.419 e. The van der Waals surface area contributed by atoms with Gasteiger partial charge in [-0.3, -0.25) is 4.79 Å². The van der Waals surface area contributed by atoms with Crippen LogP contribution in [0.1, 0.15) is 44.1 Å². The lowest BCUT2D eigenvalue weighted by Crippen LogP contribution is -2.59. The SMILES string of the molecule is NC(=O)C12CC3CC(C1)C(OC(=O)N1CC[C@H](Nc4ncccc4C(F)(F)F)C1)C(C3)C2. The molecule has 3 atom stereocenters. The van der Waals surface area contributed by atoms with Crippen LogP contribution < -0.4 is 11.1 Å². The van der Waals surface area contributed by atoms with E-state index in [-0.39, 0.29) is 42.3 Å². The van der Waals surface area contributed by atoms with Crippen LogP contribution in [0.5, 0.6) is 0 Å². The van der Waals surface area contributed by atoms with Crippen molar-refractivity contribution in [3.8, 4) is 0 Å². The summed E-state index contributed by atoms with van der Waals surface area (Å²) in [6.45, 7) is 0.656. The molecule has 1 aromatic rings. The van der Waals surface area contributed by atoms with Gasteiger partial charge in [0.1, 0.15) is 11.9 Å². The highest BCUT2D eigenvalue weighted by atomic mass is 19.4.